The summed E-state index contributed by atoms with van der Waals surface area (Å²) in [6, 6.07) is 12.4. The highest BCUT2D eigenvalue weighted by atomic mass is 35.5. The Morgan fingerprint density at radius 1 is 1.19 bits per heavy atom. The molecular weight excluding hydrogens is 494 g/mol. The number of aromatic nitrogens is 2. The molecule has 5 rings (SSSR count). The van der Waals surface area contributed by atoms with Gasteiger partial charge in [0.15, 0.2) is 5.17 Å². The number of carbonyl (C=O) groups excluding carboxylic acids is 1. The zero-order chi connectivity index (χ0) is 25.6. The molecule has 3 heterocycles. The highest BCUT2D eigenvalue weighted by molar-refractivity contribution is 8.18. The van der Waals surface area contributed by atoms with Gasteiger partial charge < -0.3 is 15.3 Å². The number of thioether (sulfide) groups is 1. The van der Waals surface area contributed by atoms with Crippen LogP contribution in [0.5, 0.6) is 0 Å². The number of fused-ring (bicyclic) bond motifs is 1. The Kier molecular flexibility index (Phi) is 6.72. The van der Waals surface area contributed by atoms with E-state index in [0.717, 1.165) is 45.9 Å². The molecule has 1 fully saturated rings. The van der Waals surface area contributed by atoms with Crippen molar-refractivity contribution in [1.82, 2.24) is 20.0 Å². The minimum atomic E-state index is -0.946. The first-order valence-electron chi connectivity index (χ1n) is 12.1. The number of halogens is 1. The molecule has 0 spiro atoms. The molecule has 1 amide bonds. The second kappa shape index (κ2) is 9.67. The van der Waals surface area contributed by atoms with Gasteiger partial charge in [-0.3, -0.25) is 9.48 Å². The highest BCUT2D eigenvalue weighted by Crippen LogP contribution is 2.32. The Morgan fingerprint density at radius 3 is 2.64 bits per heavy atom. The van der Waals surface area contributed by atoms with Crippen molar-refractivity contribution in [3.63, 3.8) is 0 Å². The molecule has 1 aromatic heterocycles. The number of nitrogens with zero attached hydrogens (tertiary/aromatic N) is 4. The second-order valence-corrected chi connectivity index (χ2v) is 11.6. The number of nitrogens with one attached hydrogen (secondary N) is 1. The summed E-state index contributed by atoms with van der Waals surface area (Å²) in [5, 5.41) is 20.7. The summed E-state index contributed by atoms with van der Waals surface area (Å²) in [5.74, 6) is -0.186. The first-order valence-corrected chi connectivity index (χ1v) is 13.3. The van der Waals surface area contributed by atoms with Crippen LogP contribution < -0.4 is 5.32 Å². The van der Waals surface area contributed by atoms with Gasteiger partial charge in [-0.25, -0.2) is 0 Å². The van der Waals surface area contributed by atoms with Crippen LogP contribution in [0.4, 0.5) is 0 Å². The number of aliphatic hydroxyl groups is 1. The topological polar surface area (TPSA) is 82.8 Å². The molecule has 0 aliphatic carbocycles. The fourth-order valence-electron chi connectivity index (χ4n) is 4.71. The molecule has 1 saturated heterocycles. The quantitative estimate of drug-likeness (QED) is 0.486. The summed E-state index contributed by atoms with van der Waals surface area (Å²) in [6.07, 6.45) is 3.73. The predicted octanol–water partition coefficient (Wildman–Crippen LogP) is 4.62. The average molecular weight is 524 g/mol. The molecular formula is C27H30ClN5O2S. The van der Waals surface area contributed by atoms with Gasteiger partial charge in [0.2, 0.25) is 0 Å². The number of aliphatic imine (C=N–C) groups is 1. The molecule has 2 aliphatic rings. The van der Waals surface area contributed by atoms with Crippen molar-refractivity contribution in [2.45, 2.75) is 51.9 Å². The first-order chi connectivity index (χ1) is 17.1. The van der Waals surface area contributed by atoms with Gasteiger partial charge in [-0.15, -0.1) is 0 Å². The Bertz CT molecular complexity index is 1380. The summed E-state index contributed by atoms with van der Waals surface area (Å²) >= 11 is 7.96. The van der Waals surface area contributed by atoms with Crippen LogP contribution >= 0.6 is 23.4 Å². The number of hydrogen-bond acceptors (Lipinski definition) is 6. The van der Waals surface area contributed by atoms with Crippen molar-refractivity contribution < 1.29 is 9.90 Å². The maximum absolute atomic E-state index is 12.6. The summed E-state index contributed by atoms with van der Waals surface area (Å²) in [6.45, 7) is 9.97. The van der Waals surface area contributed by atoms with E-state index < -0.39 is 5.60 Å². The summed E-state index contributed by atoms with van der Waals surface area (Å²) < 4.78 is 1.90. The number of amidine groups is 1. The molecule has 0 saturated carbocycles. The van der Waals surface area contributed by atoms with Crippen molar-refractivity contribution in [1.29, 1.82) is 0 Å². The Labute approximate surface area is 220 Å². The van der Waals surface area contributed by atoms with Crippen LogP contribution in [0.2, 0.25) is 5.02 Å². The van der Waals surface area contributed by atoms with Gasteiger partial charge in [0.25, 0.3) is 5.91 Å². The standard InChI is InChI=1S/C27H30ClN5O2S/c1-16-13-32(14-17(2)30-16)26-31-25(34)24(36-26)10-18-5-8-23-20(9-18)12-29-33(23)15-19-6-7-21(11-22(19)28)27(3,4)35/h5-12,16-17,30,35H,13-15H2,1-4H3/b24-10-/t16-,17+. The van der Waals surface area contributed by atoms with Gasteiger partial charge in [0.05, 0.1) is 28.8 Å². The second-order valence-electron chi connectivity index (χ2n) is 10.2. The Hall–Kier alpha value is -2.65. The van der Waals surface area contributed by atoms with Crippen LogP contribution in [0.1, 0.15) is 44.4 Å². The van der Waals surface area contributed by atoms with E-state index in [9.17, 15) is 9.90 Å². The van der Waals surface area contributed by atoms with Crippen molar-refractivity contribution in [3.8, 4) is 0 Å². The van der Waals surface area contributed by atoms with Crippen LogP contribution in [-0.4, -0.2) is 56.0 Å². The molecule has 2 atom stereocenters. The number of carbonyl (C=O) groups is 1. The molecule has 9 heteroatoms. The predicted molar refractivity (Wildman–Crippen MR) is 147 cm³/mol. The van der Waals surface area contributed by atoms with Crippen LogP contribution in [-0.2, 0) is 16.9 Å². The SMILES string of the molecule is C[C@@H]1CN(C2=NC(=O)/C(=C/c3ccc4c(cnn4Cc4ccc(C(C)(C)O)cc4Cl)c3)S2)C[C@H](C)N1. The molecule has 2 aromatic carbocycles. The number of hydrogen-bond donors (Lipinski definition) is 2. The fourth-order valence-corrected chi connectivity index (χ4v) is 5.88. The fraction of sp³-hybridized carbons (Fsp3) is 0.370. The largest absolute Gasteiger partial charge is 0.386 e. The van der Waals surface area contributed by atoms with Crippen LogP contribution in [0.15, 0.2) is 52.5 Å². The number of rotatable bonds is 4. The maximum Gasteiger partial charge on any atom is 0.286 e. The van der Waals surface area contributed by atoms with Gasteiger partial charge in [-0.2, -0.15) is 10.1 Å². The van der Waals surface area contributed by atoms with Gasteiger partial charge in [-0.1, -0.05) is 29.8 Å². The summed E-state index contributed by atoms with van der Waals surface area (Å²) in [4.78, 5) is 19.8. The van der Waals surface area contributed by atoms with Crippen molar-refractivity contribution in [2.24, 2.45) is 4.99 Å². The van der Waals surface area contributed by atoms with E-state index >= 15 is 0 Å². The van der Waals surface area contributed by atoms with Crippen LogP contribution in [0.25, 0.3) is 17.0 Å². The third-order valence-electron chi connectivity index (χ3n) is 6.48. The number of amides is 1. The molecule has 36 heavy (non-hydrogen) atoms. The Balaban J connectivity index is 1.33. The van der Waals surface area contributed by atoms with Crippen LogP contribution in [0.3, 0.4) is 0 Å². The highest BCUT2D eigenvalue weighted by Gasteiger charge is 2.30. The van der Waals surface area contributed by atoms with E-state index in [1.807, 2.05) is 47.3 Å². The molecule has 0 radical (unpaired) electrons. The van der Waals surface area contributed by atoms with Gasteiger partial charge >= 0.3 is 0 Å². The first kappa shape index (κ1) is 25.0. The minimum absolute atomic E-state index is 0.186. The molecule has 3 aromatic rings. The average Bonchev–Trinajstić information content (AvgIpc) is 3.37. The maximum atomic E-state index is 12.6. The van der Waals surface area contributed by atoms with E-state index in [0.29, 0.717) is 28.6 Å². The molecule has 0 unspecified atom stereocenters. The molecule has 2 N–H and O–H groups in total. The van der Waals surface area contributed by atoms with E-state index in [1.54, 1.807) is 19.9 Å². The molecule has 7 nitrogen and oxygen atoms in total. The lowest BCUT2D eigenvalue weighted by Gasteiger charge is -2.36. The van der Waals surface area contributed by atoms with Crippen molar-refractivity contribution >= 4 is 51.4 Å². The van der Waals surface area contributed by atoms with E-state index in [-0.39, 0.29) is 5.91 Å². The van der Waals surface area contributed by atoms with Gasteiger partial charge in [0.1, 0.15) is 0 Å². The summed E-state index contributed by atoms with van der Waals surface area (Å²) in [5.41, 5.74) is 2.66. The van der Waals surface area contributed by atoms with Crippen molar-refractivity contribution in [2.75, 3.05) is 13.1 Å². The van der Waals surface area contributed by atoms with Gasteiger partial charge in [-0.05, 0) is 80.4 Å². The van der Waals surface area contributed by atoms with E-state index in [1.165, 1.54) is 11.8 Å². The zero-order valence-corrected chi connectivity index (χ0v) is 22.4. The molecule has 2 aliphatic heterocycles. The lowest BCUT2D eigenvalue weighted by molar-refractivity contribution is -0.113. The van der Waals surface area contributed by atoms with Crippen LogP contribution in [0, 0.1) is 0 Å². The van der Waals surface area contributed by atoms with Gasteiger partial charge in [0, 0.05) is 35.6 Å². The molecule has 0 bridgehead atoms. The van der Waals surface area contributed by atoms with E-state index in [2.05, 4.69) is 34.2 Å². The molecule has 188 valence electrons. The lowest BCUT2D eigenvalue weighted by Crippen LogP contribution is -2.55. The zero-order valence-electron chi connectivity index (χ0n) is 20.8. The monoisotopic (exact) mass is 523 g/mol. The van der Waals surface area contributed by atoms with E-state index in [4.69, 9.17) is 11.6 Å². The smallest absolute Gasteiger partial charge is 0.286 e. The number of piperazine rings is 1. The lowest BCUT2D eigenvalue weighted by atomic mass is 9.97. The summed E-state index contributed by atoms with van der Waals surface area (Å²) in [7, 11) is 0. The third kappa shape index (κ3) is 5.22. The van der Waals surface area contributed by atoms with Crippen molar-refractivity contribution in [3.05, 3.63) is 69.2 Å². The minimum Gasteiger partial charge on any atom is -0.386 e. The Morgan fingerprint density at radius 2 is 1.94 bits per heavy atom. The third-order valence-corrected chi connectivity index (χ3v) is 7.88. The normalized spacial score (nSPS) is 22.1. The number of benzene rings is 2.